The minimum Gasteiger partial charge on any atom is -0.320 e. The van der Waals surface area contributed by atoms with E-state index >= 15 is 0 Å². The van der Waals surface area contributed by atoms with Crippen LogP contribution in [0.2, 0.25) is 0 Å². The van der Waals surface area contributed by atoms with Crippen LogP contribution in [-0.4, -0.2) is 36.8 Å². The van der Waals surface area contributed by atoms with Crippen LogP contribution in [0.5, 0.6) is 0 Å². The zero-order chi connectivity index (χ0) is 21.5. The topological polar surface area (TPSA) is 116 Å². The van der Waals surface area contributed by atoms with Crippen molar-refractivity contribution >= 4 is 29.0 Å². The number of hydrogen-bond donors (Lipinski definition) is 1. The Bertz CT molecular complexity index is 1040. The molecule has 0 aliphatic rings. The second-order valence-electron chi connectivity index (χ2n) is 6.40. The van der Waals surface area contributed by atoms with Crippen LogP contribution in [0.1, 0.15) is 25.3 Å². The average molecular weight is 430 g/mol. The van der Waals surface area contributed by atoms with Crippen LogP contribution in [0.4, 0.5) is 15.8 Å². The van der Waals surface area contributed by atoms with Gasteiger partial charge in [-0.2, -0.15) is 4.68 Å². The van der Waals surface area contributed by atoms with Gasteiger partial charge in [0.15, 0.2) is 0 Å². The average Bonchev–Trinajstić information content (AvgIpc) is 3.21. The minimum atomic E-state index is -0.756. The SMILES string of the molecule is CCCCc1ccc(-n2nnnc2SCC(=O)Nc2ccc(F)cc2[N+](=O)[O-])cc1. The van der Waals surface area contributed by atoms with Gasteiger partial charge in [-0.15, -0.1) is 5.10 Å². The quantitative estimate of drug-likeness (QED) is 0.312. The number of amides is 1. The molecule has 11 heteroatoms. The second kappa shape index (κ2) is 9.92. The number of tetrazole rings is 1. The Kier molecular flexibility index (Phi) is 7.07. The Morgan fingerprint density at radius 3 is 2.73 bits per heavy atom. The maximum Gasteiger partial charge on any atom is 0.295 e. The van der Waals surface area contributed by atoms with E-state index in [0.717, 1.165) is 54.9 Å². The van der Waals surface area contributed by atoms with Crippen LogP contribution in [0.25, 0.3) is 5.69 Å². The van der Waals surface area contributed by atoms with E-state index in [0.29, 0.717) is 5.16 Å². The molecule has 0 spiro atoms. The Morgan fingerprint density at radius 2 is 2.03 bits per heavy atom. The van der Waals surface area contributed by atoms with Gasteiger partial charge >= 0.3 is 0 Å². The summed E-state index contributed by atoms with van der Waals surface area (Å²) in [5.74, 6) is -1.34. The van der Waals surface area contributed by atoms with E-state index in [1.165, 1.54) is 10.2 Å². The molecule has 0 fully saturated rings. The predicted octanol–water partition coefficient (Wildman–Crippen LogP) is 3.78. The minimum absolute atomic E-state index is 0.0748. The Labute approximate surface area is 175 Å². The molecule has 1 heterocycles. The van der Waals surface area contributed by atoms with Gasteiger partial charge in [-0.05, 0) is 53.1 Å². The number of halogens is 1. The first-order chi connectivity index (χ1) is 14.5. The van der Waals surface area contributed by atoms with Gasteiger partial charge in [0, 0.05) is 0 Å². The lowest BCUT2D eigenvalue weighted by Gasteiger charge is -2.07. The van der Waals surface area contributed by atoms with Crippen LogP contribution >= 0.6 is 11.8 Å². The van der Waals surface area contributed by atoms with Crippen LogP contribution < -0.4 is 5.32 Å². The molecule has 0 saturated carbocycles. The number of thioether (sulfide) groups is 1. The molecule has 30 heavy (non-hydrogen) atoms. The summed E-state index contributed by atoms with van der Waals surface area (Å²) in [7, 11) is 0. The second-order valence-corrected chi connectivity index (χ2v) is 7.34. The third kappa shape index (κ3) is 5.38. The number of hydrogen-bond acceptors (Lipinski definition) is 7. The Balaban J connectivity index is 1.64. The largest absolute Gasteiger partial charge is 0.320 e. The lowest BCUT2D eigenvalue weighted by Crippen LogP contribution is -2.15. The van der Waals surface area contributed by atoms with Gasteiger partial charge in [0.2, 0.25) is 11.1 Å². The van der Waals surface area contributed by atoms with Gasteiger partial charge in [-0.1, -0.05) is 37.2 Å². The smallest absolute Gasteiger partial charge is 0.295 e. The molecule has 0 saturated heterocycles. The summed E-state index contributed by atoms with van der Waals surface area (Å²) in [6.07, 6.45) is 3.25. The molecule has 156 valence electrons. The molecule has 2 aromatic carbocycles. The van der Waals surface area contributed by atoms with E-state index in [1.54, 1.807) is 0 Å². The Morgan fingerprint density at radius 1 is 1.27 bits per heavy atom. The van der Waals surface area contributed by atoms with Crippen molar-refractivity contribution in [3.8, 4) is 5.69 Å². The van der Waals surface area contributed by atoms with Crippen LogP contribution in [-0.2, 0) is 11.2 Å². The molecule has 0 aliphatic heterocycles. The fourth-order valence-electron chi connectivity index (χ4n) is 2.69. The van der Waals surface area contributed by atoms with Gasteiger partial charge < -0.3 is 5.32 Å². The van der Waals surface area contributed by atoms with Crippen molar-refractivity contribution in [2.24, 2.45) is 0 Å². The number of carbonyl (C=O) groups is 1. The van der Waals surface area contributed by atoms with Crippen molar-refractivity contribution in [1.82, 2.24) is 20.2 Å². The summed E-state index contributed by atoms with van der Waals surface area (Å²) < 4.78 is 14.7. The van der Waals surface area contributed by atoms with E-state index in [-0.39, 0.29) is 11.4 Å². The number of nitrogens with one attached hydrogen (secondary N) is 1. The zero-order valence-electron chi connectivity index (χ0n) is 16.1. The number of nitro groups is 1. The summed E-state index contributed by atoms with van der Waals surface area (Å²) in [5, 5.41) is 25.4. The molecule has 1 aromatic heterocycles. The molecule has 3 aromatic rings. The summed E-state index contributed by atoms with van der Waals surface area (Å²) in [6.45, 7) is 2.14. The standard InChI is InChI=1S/C19H19FN6O3S/c1-2-3-4-13-5-8-15(9-6-13)25-19(22-23-24-25)30-12-18(27)21-16-10-7-14(20)11-17(16)26(28)29/h5-11H,2-4,12H2,1H3,(H,21,27). The molecule has 1 N–H and O–H groups in total. The van der Waals surface area contributed by atoms with E-state index in [9.17, 15) is 19.3 Å². The molecule has 0 unspecified atom stereocenters. The van der Waals surface area contributed by atoms with Gasteiger partial charge in [0.25, 0.3) is 5.69 Å². The molecule has 9 nitrogen and oxygen atoms in total. The van der Waals surface area contributed by atoms with Gasteiger partial charge in [0.1, 0.15) is 11.5 Å². The van der Waals surface area contributed by atoms with Crippen molar-refractivity contribution in [1.29, 1.82) is 0 Å². The molecule has 3 rings (SSSR count). The number of anilines is 1. The molecule has 0 aliphatic carbocycles. The third-order valence-electron chi connectivity index (χ3n) is 4.20. The predicted molar refractivity (Wildman–Crippen MR) is 110 cm³/mol. The van der Waals surface area contributed by atoms with Crippen molar-refractivity contribution in [2.45, 2.75) is 31.3 Å². The highest BCUT2D eigenvalue weighted by atomic mass is 32.2. The summed E-state index contributed by atoms with van der Waals surface area (Å²) >= 11 is 1.08. The van der Waals surface area contributed by atoms with Crippen LogP contribution in [0, 0.1) is 15.9 Å². The number of nitro benzene ring substituents is 1. The van der Waals surface area contributed by atoms with E-state index < -0.39 is 22.3 Å². The monoisotopic (exact) mass is 430 g/mol. The third-order valence-corrected chi connectivity index (χ3v) is 5.12. The highest BCUT2D eigenvalue weighted by molar-refractivity contribution is 7.99. The van der Waals surface area contributed by atoms with E-state index in [4.69, 9.17) is 0 Å². The lowest BCUT2D eigenvalue weighted by molar-refractivity contribution is -0.384. The fourth-order valence-corrected chi connectivity index (χ4v) is 3.38. The summed E-state index contributed by atoms with van der Waals surface area (Å²) in [6, 6.07) is 10.8. The molecular weight excluding hydrogens is 411 g/mol. The number of aryl methyl sites for hydroxylation is 1. The number of benzene rings is 2. The van der Waals surface area contributed by atoms with E-state index in [2.05, 4.69) is 27.8 Å². The number of carbonyl (C=O) groups excluding carboxylic acids is 1. The summed E-state index contributed by atoms with van der Waals surface area (Å²) in [5.41, 5.74) is 1.40. The van der Waals surface area contributed by atoms with Crippen LogP contribution in [0.15, 0.2) is 47.6 Å². The highest BCUT2D eigenvalue weighted by Crippen LogP contribution is 2.26. The zero-order valence-corrected chi connectivity index (χ0v) is 16.9. The van der Waals surface area contributed by atoms with Crippen LogP contribution in [0.3, 0.4) is 0 Å². The lowest BCUT2D eigenvalue weighted by atomic mass is 10.1. The number of aromatic nitrogens is 4. The molecule has 1 amide bonds. The van der Waals surface area contributed by atoms with Crippen molar-refractivity contribution in [3.63, 3.8) is 0 Å². The number of rotatable bonds is 9. The first-order valence-corrected chi connectivity index (χ1v) is 10.2. The van der Waals surface area contributed by atoms with Crippen molar-refractivity contribution < 1.29 is 14.1 Å². The van der Waals surface area contributed by atoms with Gasteiger partial charge in [-0.3, -0.25) is 14.9 Å². The van der Waals surface area contributed by atoms with Gasteiger partial charge in [-0.25, -0.2) is 4.39 Å². The first kappa shape index (κ1) is 21.4. The summed E-state index contributed by atoms with van der Waals surface area (Å²) in [4.78, 5) is 22.5. The number of nitrogens with zero attached hydrogens (tertiary/aromatic N) is 5. The molecule has 0 radical (unpaired) electrons. The molecular formula is C19H19FN6O3S. The normalized spacial score (nSPS) is 10.7. The molecule has 0 atom stereocenters. The molecule has 0 bridgehead atoms. The number of unbranched alkanes of at least 4 members (excludes halogenated alkanes) is 1. The van der Waals surface area contributed by atoms with Crippen molar-refractivity contribution in [2.75, 3.05) is 11.1 Å². The Hall–Kier alpha value is -3.34. The van der Waals surface area contributed by atoms with E-state index in [1.807, 2.05) is 24.3 Å². The first-order valence-electron chi connectivity index (χ1n) is 9.22. The fraction of sp³-hybridized carbons (Fsp3) is 0.263. The van der Waals surface area contributed by atoms with Crippen molar-refractivity contribution in [3.05, 3.63) is 64.0 Å². The maximum absolute atomic E-state index is 13.2. The maximum atomic E-state index is 13.2. The highest BCUT2D eigenvalue weighted by Gasteiger charge is 2.18. The van der Waals surface area contributed by atoms with Gasteiger partial charge in [0.05, 0.1) is 22.4 Å².